The number of nitrogens with two attached hydrogens (primary N) is 1. The lowest BCUT2D eigenvalue weighted by Crippen LogP contribution is -2.12. The first kappa shape index (κ1) is 19.5. The Balaban J connectivity index is 1.91. The van der Waals surface area contributed by atoms with Crippen molar-refractivity contribution >= 4 is 31.6 Å². The van der Waals surface area contributed by atoms with Crippen LogP contribution >= 0.6 is 11.3 Å². The van der Waals surface area contributed by atoms with Crippen LogP contribution in [0.1, 0.15) is 5.69 Å². The van der Waals surface area contributed by atoms with E-state index in [4.69, 9.17) is 5.14 Å². The lowest BCUT2D eigenvalue weighted by molar-refractivity contribution is -0.141. The van der Waals surface area contributed by atoms with Gasteiger partial charge in [0.15, 0.2) is 5.69 Å². The first-order chi connectivity index (χ1) is 13.5. The number of halogens is 4. The number of hydrogen-bond donors (Lipinski definition) is 1. The van der Waals surface area contributed by atoms with Crippen molar-refractivity contribution in [3.63, 3.8) is 0 Å². The van der Waals surface area contributed by atoms with Crippen molar-refractivity contribution in [3.8, 4) is 16.4 Å². The Kier molecular flexibility index (Phi) is 4.44. The Morgan fingerprint density at radius 2 is 1.76 bits per heavy atom. The van der Waals surface area contributed by atoms with Gasteiger partial charge in [-0.2, -0.15) is 18.3 Å². The second kappa shape index (κ2) is 6.61. The third-order valence-corrected chi connectivity index (χ3v) is 6.03. The van der Waals surface area contributed by atoms with Gasteiger partial charge in [-0.15, -0.1) is 11.3 Å². The number of alkyl halides is 3. The van der Waals surface area contributed by atoms with Crippen LogP contribution in [0.2, 0.25) is 0 Å². The Bertz CT molecular complexity index is 1330. The Hall–Kier alpha value is -2.83. The molecule has 2 heterocycles. The standard InChI is InChI=1S/C17H10F4N4O2S2/c18-11-2-1-3-12-15(11)28-16(23-12)13-8-14(17(19,20)21)24-25(13)9-4-6-10(7-5-9)29(22,26)27/h1-8H,(H2,22,26,27). The van der Waals surface area contributed by atoms with Crippen LogP contribution in [0.3, 0.4) is 0 Å². The van der Waals surface area contributed by atoms with E-state index < -0.39 is 27.7 Å². The van der Waals surface area contributed by atoms with E-state index in [0.717, 1.165) is 34.2 Å². The number of rotatable bonds is 3. The minimum absolute atomic E-state index is 0.0127. The minimum atomic E-state index is -4.72. The number of thiazole rings is 1. The van der Waals surface area contributed by atoms with Crippen LogP contribution in [-0.4, -0.2) is 23.2 Å². The molecule has 2 aromatic carbocycles. The maximum atomic E-state index is 14.0. The molecule has 6 nitrogen and oxygen atoms in total. The molecule has 29 heavy (non-hydrogen) atoms. The number of primary sulfonamides is 1. The second-order valence-electron chi connectivity index (χ2n) is 5.97. The maximum Gasteiger partial charge on any atom is 0.435 e. The fourth-order valence-corrected chi connectivity index (χ4v) is 4.16. The molecule has 2 aromatic heterocycles. The number of hydrogen-bond acceptors (Lipinski definition) is 5. The second-order valence-corrected chi connectivity index (χ2v) is 8.53. The molecule has 150 valence electrons. The third-order valence-electron chi connectivity index (χ3n) is 4.00. The van der Waals surface area contributed by atoms with E-state index in [1.165, 1.54) is 24.3 Å². The normalized spacial score (nSPS) is 12.6. The summed E-state index contributed by atoms with van der Waals surface area (Å²) in [6.07, 6.45) is -4.72. The molecule has 0 unspecified atom stereocenters. The molecular formula is C17H10F4N4O2S2. The van der Waals surface area contributed by atoms with Gasteiger partial charge in [0.2, 0.25) is 10.0 Å². The SMILES string of the molecule is NS(=O)(=O)c1ccc(-n2nc(C(F)(F)F)cc2-c2nc3cccc(F)c3s2)cc1. The van der Waals surface area contributed by atoms with E-state index in [1.807, 2.05) is 0 Å². The van der Waals surface area contributed by atoms with Crippen molar-refractivity contribution in [2.24, 2.45) is 5.14 Å². The van der Waals surface area contributed by atoms with E-state index in [2.05, 4.69) is 10.1 Å². The number of aromatic nitrogens is 3. The van der Waals surface area contributed by atoms with Crippen LogP contribution in [0.4, 0.5) is 17.6 Å². The molecule has 0 saturated heterocycles. The molecule has 0 aliphatic rings. The highest BCUT2D eigenvalue weighted by Gasteiger charge is 2.35. The summed E-state index contributed by atoms with van der Waals surface area (Å²) in [6, 6.07) is 9.88. The molecular weight excluding hydrogens is 432 g/mol. The van der Waals surface area contributed by atoms with Crippen molar-refractivity contribution in [1.29, 1.82) is 0 Å². The highest BCUT2D eigenvalue weighted by atomic mass is 32.2. The first-order valence-corrected chi connectivity index (χ1v) is 10.3. The zero-order valence-corrected chi connectivity index (χ0v) is 15.8. The molecule has 0 spiro atoms. The van der Waals surface area contributed by atoms with E-state index in [9.17, 15) is 26.0 Å². The lowest BCUT2D eigenvalue weighted by atomic mass is 10.3. The van der Waals surface area contributed by atoms with E-state index >= 15 is 0 Å². The fourth-order valence-electron chi connectivity index (χ4n) is 2.67. The van der Waals surface area contributed by atoms with Gasteiger partial charge in [0, 0.05) is 0 Å². The topological polar surface area (TPSA) is 90.9 Å². The molecule has 2 N–H and O–H groups in total. The van der Waals surface area contributed by atoms with Crippen molar-refractivity contribution in [3.05, 3.63) is 60.0 Å². The predicted octanol–water partition coefficient (Wildman–Crippen LogP) is 3.95. The number of sulfonamides is 1. The summed E-state index contributed by atoms with van der Waals surface area (Å²) in [5.74, 6) is -0.536. The number of benzene rings is 2. The summed E-state index contributed by atoms with van der Waals surface area (Å²) in [6.45, 7) is 0. The Labute approximate surface area is 165 Å². The highest BCUT2D eigenvalue weighted by molar-refractivity contribution is 7.89. The summed E-state index contributed by atoms with van der Waals surface area (Å²) in [4.78, 5) is 4.02. The molecule has 0 amide bonds. The van der Waals surface area contributed by atoms with Gasteiger partial charge in [-0.1, -0.05) is 6.07 Å². The first-order valence-electron chi connectivity index (χ1n) is 7.90. The molecule has 0 fully saturated rings. The van der Waals surface area contributed by atoms with Crippen LogP contribution in [0.25, 0.3) is 26.6 Å². The number of nitrogens with zero attached hydrogens (tertiary/aromatic N) is 3. The van der Waals surface area contributed by atoms with E-state index in [0.29, 0.717) is 5.52 Å². The van der Waals surface area contributed by atoms with Gasteiger partial charge in [0.05, 0.1) is 20.8 Å². The van der Waals surface area contributed by atoms with Gasteiger partial charge in [-0.3, -0.25) is 0 Å². The van der Waals surface area contributed by atoms with Crippen LogP contribution < -0.4 is 5.14 Å². The Morgan fingerprint density at radius 1 is 1.07 bits per heavy atom. The van der Waals surface area contributed by atoms with Crippen molar-refractivity contribution in [2.45, 2.75) is 11.1 Å². The molecule has 4 aromatic rings. The van der Waals surface area contributed by atoms with Gasteiger partial charge < -0.3 is 0 Å². The molecule has 0 aliphatic heterocycles. The van der Waals surface area contributed by atoms with Gasteiger partial charge in [0.1, 0.15) is 16.5 Å². The number of fused-ring (bicyclic) bond motifs is 1. The summed E-state index contributed by atoms with van der Waals surface area (Å²) >= 11 is 0.887. The van der Waals surface area contributed by atoms with Crippen LogP contribution in [0.5, 0.6) is 0 Å². The van der Waals surface area contributed by atoms with Crippen molar-refractivity contribution in [1.82, 2.24) is 14.8 Å². The molecule has 0 saturated carbocycles. The molecule has 12 heteroatoms. The quantitative estimate of drug-likeness (QED) is 0.487. The molecule has 0 radical (unpaired) electrons. The molecule has 0 bridgehead atoms. The predicted molar refractivity (Wildman–Crippen MR) is 98.5 cm³/mol. The zero-order chi connectivity index (χ0) is 21.0. The van der Waals surface area contributed by atoms with Crippen LogP contribution in [0.15, 0.2) is 53.4 Å². The van der Waals surface area contributed by atoms with Gasteiger partial charge in [0.25, 0.3) is 0 Å². The minimum Gasteiger partial charge on any atom is -0.234 e. The molecule has 4 rings (SSSR count). The maximum absolute atomic E-state index is 14.0. The monoisotopic (exact) mass is 442 g/mol. The summed E-state index contributed by atoms with van der Waals surface area (Å²) in [5, 5.41) is 8.77. The van der Waals surface area contributed by atoms with Gasteiger partial charge >= 0.3 is 6.18 Å². The van der Waals surface area contributed by atoms with Crippen molar-refractivity contribution in [2.75, 3.05) is 0 Å². The molecule has 0 atom stereocenters. The van der Waals surface area contributed by atoms with Crippen LogP contribution in [0, 0.1) is 5.82 Å². The van der Waals surface area contributed by atoms with Crippen LogP contribution in [-0.2, 0) is 16.2 Å². The highest BCUT2D eigenvalue weighted by Crippen LogP contribution is 2.37. The molecule has 0 aliphatic carbocycles. The zero-order valence-electron chi connectivity index (χ0n) is 14.2. The van der Waals surface area contributed by atoms with E-state index in [-0.39, 0.29) is 26.0 Å². The fraction of sp³-hybridized carbons (Fsp3) is 0.0588. The Morgan fingerprint density at radius 3 is 2.34 bits per heavy atom. The van der Waals surface area contributed by atoms with E-state index in [1.54, 1.807) is 6.07 Å². The van der Waals surface area contributed by atoms with Gasteiger partial charge in [-0.05, 0) is 42.5 Å². The van der Waals surface area contributed by atoms with Gasteiger partial charge in [-0.25, -0.2) is 27.6 Å². The largest absolute Gasteiger partial charge is 0.435 e. The smallest absolute Gasteiger partial charge is 0.234 e. The lowest BCUT2D eigenvalue weighted by Gasteiger charge is -2.06. The van der Waals surface area contributed by atoms with Crippen molar-refractivity contribution < 1.29 is 26.0 Å². The summed E-state index contributed by atoms with van der Waals surface area (Å²) in [7, 11) is -3.97. The summed E-state index contributed by atoms with van der Waals surface area (Å²) in [5.41, 5.74) is -0.720. The third kappa shape index (κ3) is 3.61. The summed E-state index contributed by atoms with van der Waals surface area (Å²) < 4.78 is 77.7. The average Bonchev–Trinajstić information content (AvgIpc) is 3.26. The average molecular weight is 442 g/mol.